The Kier molecular flexibility index (Phi) is 4.38. The van der Waals surface area contributed by atoms with Crippen LogP contribution in [0, 0.1) is 0 Å². The smallest absolute Gasteiger partial charge is 0.252 e. The summed E-state index contributed by atoms with van der Waals surface area (Å²) < 4.78 is 5.13. The van der Waals surface area contributed by atoms with E-state index in [0.29, 0.717) is 15.8 Å². The first-order chi connectivity index (χ1) is 9.40. The van der Waals surface area contributed by atoms with Crippen LogP contribution in [-0.2, 0) is 5.60 Å². The Morgan fingerprint density at radius 2 is 2.15 bits per heavy atom. The van der Waals surface area contributed by atoms with Gasteiger partial charge in [-0.25, -0.2) is 0 Å². The van der Waals surface area contributed by atoms with E-state index in [1.165, 1.54) is 12.3 Å². The van der Waals surface area contributed by atoms with Crippen molar-refractivity contribution in [3.63, 3.8) is 0 Å². The molecule has 6 heteroatoms. The van der Waals surface area contributed by atoms with E-state index in [1.54, 1.807) is 31.2 Å². The van der Waals surface area contributed by atoms with E-state index in [2.05, 4.69) is 5.32 Å². The maximum Gasteiger partial charge on any atom is 0.252 e. The quantitative estimate of drug-likeness (QED) is 0.911. The van der Waals surface area contributed by atoms with Gasteiger partial charge in [-0.1, -0.05) is 23.2 Å². The van der Waals surface area contributed by atoms with E-state index in [-0.39, 0.29) is 12.1 Å². The molecule has 0 aliphatic heterocycles. The summed E-state index contributed by atoms with van der Waals surface area (Å²) in [4.78, 5) is 12.0. The lowest BCUT2D eigenvalue weighted by molar-refractivity contribution is 0.0330. The van der Waals surface area contributed by atoms with Crippen LogP contribution in [0.3, 0.4) is 0 Å². The van der Waals surface area contributed by atoms with Crippen LogP contribution in [0.5, 0.6) is 0 Å². The number of nitrogens with one attached hydrogen (secondary N) is 1. The van der Waals surface area contributed by atoms with Crippen molar-refractivity contribution < 1.29 is 14.3 Å². The Hall–Kier alpha value is -1.49. The highest BCUT2D eigenvalue weighted by atomic mass is 35.5. The van der Waals surface area contributed by atoms with Crippen LogP contribution >= 0.6 is 23.2 Å². The number of benzene rings is 1. The van der Waals surface area contributed by atoms with Gasteiger partial charge in [0.25, 0.3) is 5.91 Å². The molecule has 106 valence electrons. The van der Waals surface area contributed by atoms with E-state index in [4.69, 9.17) is 27.6 Å². The van der Waals surface area contributed by atoms with Crippen molar-refractivity contribution in [2.45, 2.75) is 12.5 Å². The maximum absolute atomic E-state index is 12.0. The molecule has 0 aliphatic rings. The molecule has 0 bridgehead atoms. The van der Waals surface area contributed by atoms with E-state index < -0.39 is 11.5 Å². The average molecular weight is 314 g/mol. The molecule has 20 heavy (non-hydrogen) atoms. The molecule has 0 saturated carbocycles. The summed E-state index contributed by atoms with van der Waals surface area (Å²) in [7, 11) is 0. The van der Waals surface area contributed by atoms with Crippen molar-refractivity contribution in [3.8, 4) is 0 Å². The van der Waals surface area contributed by atoms with Crippen LogP contribution in [0.4, 0.5) is 0 Å². The molecule has 0 radical (unpaired) electrons. The summed E-state index contributed by atoms with van der Waals surface area (Å²) in [5.41, 5.74) is -1.04. The van der Waals surface area contributed by atoms with E-state index in [1.807, 2.05) is 0 Å². The zero-order chi connectivity index (χ0) is 14.8. The van der Waals surface area contributed by atoms with Gasteiger partial charge in [-0.2, -0.15) is 0 Å². The molecule has 0 aliphatic carbocycles. The zero-order valence-electron chi connectivity index (χ0n) is 10.7. The number of hydrogen-bond acceptors (Lipinski definition) is 3. The van der Waals surface area contributed by atoms with Gasteiger partial charge in [0.2, 0.25) is 0 Å². The molecular weight excluding hydrogens is 301 g/mol. The Bertz CT molecular complexity index is 609. The molecule has 1 aromatic heterocycles. The first-order valence-corrected chi connectivity index (χ1v) is 6.65. The molecule has 2 aromatic rings. The molecule has 1 heterocycles. The molecule has 0 saturated heterocycles. The molecule has 2 N–H and O–H groups in total. The highest BCUT2D eigenvalue weighted by Gasteiger charge is 2.27. The van der Waals surface area contributed by atoms with Crippen LogP contribution in [0.1, 0.15) is 23.0 Å². The summed E-state index contributed by atoms with van der Waals surface area (Å²) in [5.74, 6) is -0.0423. The Labute approximate surface area is 126 Å². The van der Waals surface area contributed by atoms with Crippen LogP contribution in [0.2, 0.25) is 10.0 Å². The van der Waals surface area contributed by atoms with Crippen molar-refractivity contribution in [1.82, 2.24) is 5.32 Å². The minimum absolute atomic E-state index is 0.0117. The summed E-state index contributed by atoms with van der Waals surface area (Å²) in [5, 5.41) is 13.5. The van der Waals surface area contributed by atoms with Gasteiger partial charge in [0.05, 0.1) is 23.4 Å². The predicted octanol–water partition coefficient (Wildman–Crippen LogP) is 3.22. The normalized spacial score (nSPS) is 13.8. The summed E-state index contributed by atoms with van der Waals surface area (Å²) in [6.45, 7) is 1.54. The standard InChI is InChI=1S/C14H13Cl2NO3/c1-14(19,12-3-2-6-20-12)8-17-13(18)10-7-9(15)4-5-11(10)16/h2-7,19H,8H2,1H3,(H,17,18). The van der Waals surface area contributed by atoms with Gasteiger partial charge < -0.3 is 14.8 Å². The van der Waals surface area contributed by atoms with Gasteiger partial charge in [0, 0.05) is 5.02 Å². The van der Waals surface area contributed by atoms with Crippen molar-refractivity contribution in [3.05, 3.63) is 58.0 Å². The second kappa shape index (κ2) is 5.87. The molecular formula is C14H13Cl2NO3. The van der Waals surface area contributed by atoms with Gasteiger partial charge in [0.15, 0.2) is 0 Å². The minimum atomic E-state index is -1.30. The second-order valence-corrected chi connectivity index (χ2v) is 5.40. The number of carbonyl (C=O) groups excluding carboxylic acids is 1. The summed E-state index contributed by atoms with van der Waals surface area (Å²) >= 11 is 11.8. The number of aliphatic hydroxyl groups is 1. The van der Waals surface area contributed by atoms with Crippen LogP contribution in [0.25, 0.3) is 0 Å². The molecule has 1 unspecified atom stereocenters. The summed E-state index contributed by atoms with van der Waals surface area (Å²) in [6.07, 6.45) is 1.46. The fraction of sp³-hybridized carbons (Fsp3) is 0.214. The third kappa shape index (κ3) is 3.33. The lowest BCUT2D eigenvalue weighted by atomic mass is 10.0. The van der Waals surface area contributed by atoms with Gasteiger partial charge in [0.1, 0.15) is 11.4 Å². The van der Waals surface area contributed by atoms with Crippen molar-refractivity contribution >= 4 is 29.1 Å². The first-order valence-electron chi connectivity index (χ1n) is 5.90. The van der Waals surface area contributed by atoms with Gasteiger partial charge in [-0.3, -0.25) is 4.79 Å². The molecule has 0 spiro atoms. The first kappa shape index (κ1) is 14.9. The fourth-order valence-electron chi connectivity index (χ4n) is 1.69. The number of rotatable bonds is 4. The SMILES string of the molecule is CC(O)(CNC(=O)c1cc(Cl)ccc1Cl)c1ccco1. The lowest BCUT2D eigenvalue weighted by Gasteiger charge is -2.21. The third-order valence-electron chi connectivity index (χ3n) is 2.82. The van der Waals surface area contributed by atoms with Crippen molar-refractivity contribution in [1.29, 1.82) is 0 Å². The van der Waals surface area contributed by atoms with E-state index in [0.717, 1.165) is 0 Å². The molecule has 1 aromatic carbocycles. The van der Waals surface area contributed by atoms with E-state index in [9.17, 15) is 9.90 Å². The molecule has 1 amide bonds. The summed E-state index contributed by atoms with van der Waals surface area (Å²) in [6, 6.07) is 7.92. The van der Waals surface area contributed by atoms with Crippen LogP contribution in [0.15, 0.2) is 41.0 Å². The van der Waals surface area contributed by atoms with Gasteiger partial charge in [-0.15, -0.1) is 0 Å². The number of halogens is 2. The Morgan fingerprint density at radius 3 is 2.80 bits per heavy atom. The highest BCUT2D eigenvalue weighted by Crippen LogP contribution is 2.22. The monoisotopic (exact) mass is 313 g/mol. The number of furan rings is 1. The van der Waals surface area contributed by atoms with Crippen LogP contribution < -0.4 is 5.32 Å². The highest BCUT2D eigenvalue weighted by molar-refractivity contribution is 6.35. The Balaban J connectivity index is 2.07. The number of amides is 1. The largest absolute Gasteiger partial charge is 0.466 e. The average Bonchev–Trinajstić information content (AvgIpc) is 2.93. The van der Waals surface area contributed by atoms with Crippen molar-refractivity contribution in [2.75, 3.05) is 6.54 Å². The fourth-order valence-corrected chi connectivity index (χ4v) is 2.07. The molecule has 2 rings (SSSR count). The maximum atomic E-state index is 12.0. The third-order valence-corrected chi connectivity index (χ3v) is 3.38. The topological polar surface area (TPSA) is 62.5 Å². The Morgan fingerprint density at radius 1 is 1.40 bits per heavy atom. The molecule has 1 atom stereocenters. The zero-order valence-corrected chi connectivity index (χ0v) is 12.2. The number of hydrogen-bond donors (Lipinski definition) is 2. The van der Waals surface area contributed by atoms with Crippen LogP contribution in [-0.4, -0.2) is 17.6 Å². The minimum Gasteiger partial charge on any atom is -0.466 e. The predicted molar refractivity (Wildman–Crippen MR) is 77.1 cm³/mol. The van der Waals surface area contributed by atoms with E-state index >= 15 is 0 Å². The molecule has 0 fully saturated rings. The number of carbonyl (C=O) groups is 1. The lowest BCUT2D eigenvalue weighted by Crippen LogP contribution is -2.38. The van der Waals surface area contributed by atoms with Crippen molar-refractivity contribution in [2.24, 2.45) is 0 Å². The van der Waals surface area contributed by atoms with Gasteiger partial charge in [-0.05, 0) is 37.3 Å². The second-order valence-electron chi connectivity index (χ2n) is 4.56. The van der Waals surface area contributed by atoms with Gasteiger partial charge >= 0.3 is 0 Å². The molecule has 4 nitrogen and oxygen atoms in total.